The second-order valence-electron chi connectivity index (χ2n) is 5.72. The van der Waals surface area contributed by atoms with Crippen molar-refractivity contribution in [3.63, 3.8) is 0 Å². The molecule has 0 aromatic carbocycles. The molecule has 0 spiro atoms. The summed E-state index contributed by atoms with van der Waals surface area (Å²) in [6.07, 6.45) is 4.95. The van der Waals surface area contributed by atoms with Crippen molar-refractivity contribution in [2.75, 3.05) is 13.6 Å². The lowest BCUT2D eigenvalue weighted by atomic mass is 10.1. The maximum absolute atomic E-state index is 12.5. The number of nitrogens with zero attached hydrogens (tertiary/aromatic N) is 5. The number of aryl methyl sites for hydroxylation is 1. The molecule has 8 nitrogen and oxygen atoms in total. The summed E-state index contributed by atoms with van der Waals surface area (Å²) in [5.41, 5.74) is 1.20. The second-order valence-corrected chi connectivity index (χ2v) is 5.72. The molecular formula is C16H17N5O3. The Morgan fingerprint density at radius 3 is 2.71 bits per heavy atom. The Morgan fingerprint density at radius 2 is 2.08 bits per heavy atom. The molecule has 2 aromatic heterocycles. The minimum atomic E-state index is -0.536. The number of likely N-dealkylation sites (N-methyl/N-ethyl adjacent to an activating group) is 1. The maximum atomic E-state index is 12.5. The number of amides is 3. The van der Waals surface area contributed by atoms with Gasteiger partial charge in [-0.05, 0) is 19.1 Å². The highest BCUT2D eigenvalue weighted by Crippen LogP contribution is 2.22. The Hall–Kier alpha value is -3.03. The van der Waals surface area contributed by atoms with Crippen molar-refractivity contribution in [1.82, 2.24) is 24.6 Å². The van der Waals surface area contributed by atoms with Gasteiger partial charge in [0.1, 0.15) is 12.2 Å². The van der Waals surface area contributed by atoms with E-state index in [4.69, 9.17) is 0 Å². The Labute approximate surface area is 138 Å². The number of hydrogen-bond donors (Lipinski definition) is 0. The number of aromatic nitrogens is 3. The first-order valence-electron chi connectivity index (χ1n) is 7.45. The van der Waals surface area contributed by atoms with Crippen molar-refractivity contribution in [2.24, 2.45) is 7.05 Å². The molecule has 0 fully saturated rings. The van der Waals surface area contributed by atoms with E-state index in [2.05, 4.69) is 10.1 Å². The van der Waals surface area contributed by atoms with Crippen LogP contribution >= 0.6 is 0 Å². The van der Waals surface area contributed by atoms with Crippen LogP contribution in [-0.2, 0) is 11.8 Å². The number of pyridine rings is 1. The van der Waals surface area contributed by atoms with Gasteiger partial charge in [0.2, 0.25) is 5.91 Å². The average molecular weight is 327 g/mol. The fourth-order valence-corrected chi connectivity index (χ4v) is 2.60. The molecule has 0 saturated carbocycles. The standard InChI is InChI=1S/C16H17N5O3/c1-10(11-7-18-19(2)8-11)20(3)13(22)9-21-15(23)12-5-4-6-17-14(12)16(21)24/h4-8,10H,9H2,1-3H3. The summed E-state index contributed by atoms with van der Waals surface area (Å²) >= 11 is 0. The Morgan fingerprint density at radius 1 is 1.33 bits per heavy atom. The van der Waals surface area contributed by atoms with Gasteiger partial charge < -0.3 is 4.90 Å². The molecule has 0 radical (unpaired) electrons. The molecule has 0 aliphatic carbocycles. The van der Waals surface area contributed by atoms with Gasteiger partial charge in [-0.15, -0.1) is 0 Å². The summed E-state index contributed by atoms with van der Waals surface area (Å²) < 4.78 is 1.65. The van der Waals surface area contributed by atoms with Crippen LogP contribution in [0.5, 0.6) is 0 Å². The van der Waals surface area contributed by atoms with Gasteiger partial charge in [0.05, 0.1) is 17.8 Å². The topological polar surface area (TPSA) is 88.4 Å². The van der Waals surface area contributed by atoms with Crippen LogP contribution in [-0.4, -0.2) is 55.9 Å². The zero-order valence-corrected chi connectivity index (χ0v) is 13.6. The first-order chi connectivity index (χ1) is 11.4. The Bertz CT molecular complexity index is 794. The molecule has 24 heavy (non-hydrogen) atoms. The zero-order chi connectivity index (χ0) is 17.4. The van der Waals surface area contributed by atoms with Gasteiger partial charge in [0.25, 0.3) is 11.8 Å². The lowest BCUT2D eigenvalue weighted by Crippen LogP contribution is -2.42. The fraction of sp³-hybridized carbons (Fsp3) is 0.312. The van der Waals surface area contributed by atoms with Gasteiger partial charge in [0, 0.05) is 32.1 Å². The largest absolute Gasteiger partial charge is 0.337 e. The molecule has 1 atom stereocenters. The summed E-state index contributed by atoms with van der Waals surface area (Å²) in [5, 5.41) is 4.09. The third-order valence-corrected chi connectivity index (χ3v) is 4.21. The van der Waals surface area contributed by atoms with Crippen LogP contribution < -0.4 is 0 Å². The maximum Gasteiger partial charge on any atom is 0.280 e. The minimum absolute atomic E-state index is 0.0956. The summed E-state index contributed by atoms with van der Waals surface area (Å²) in [6.45, 7) is 1.55. The van der Waals surface area contributed by atoms with Crippen molar-refractivity contribution in [3.8, 4) is 0 Å². The molecule has 3 rings (SSSR count). The third-order valence-electron chi connectivity index (χ3n) is 4.21. The monoisotopic (exact) mass is 327 g/mol. The van der Waals surface area contributed by atoms with Crippen LogP contribution in [0.4, 0.5) is 0 Å². The first-order valence-corrected chi connectivity index (χ1v) is 7.45. The van der Waals surface area contributed by atoms with Gasteiger partial charge in [-0.3, -0.25) is 28.9 Å². The quantitative estimate of drug-likeness (QED) is 0.769. The smallest absolute Gasteiger partial charge is 0.280 e. The van der Waals surface area contributed by atoms with Crippen LogP contribution in [0.15, 0.2) is 30.7 Å². The van der Waals surface area contributed by atoms with Crippen LogP contribution in [0, 0.1) is 0 Å². The van der Waals surface area contributed by atoms with Gasteiger partial charge in [-0.25, -0.2) is 0 Å². The number of imide groups is 1. The van der Waals surface area contributed by atoms with E-state index in [-0.39, 0.29) is 29.8 Å². The van der Waals surface area contributed by atoms with Crippen LogP contribution in [0.1, 0.15) is 39.4 Å². The summed E-state index contributed by atoms with van der Waals surface area (Å²) in [7, 11) is 3.43. The Balaban J connectivity index is 1.73. The molecule has 1 aliphatic heterocycles. The van der Waals surface area contributed by atoms with E-state index in [1.54, 1.807) is 31.0 Å². The highest BCUT2D eigenvalue weighted by atomic mass is 16.2. The van der Waals surface area contributed by atoms with E-state index in [9.17, 15) is 14.4 Å². The van der Waals surface area contributed by atoms with E-state index in [1.165, 1.54) is 17.2 Å². The van der Waals surface area contributed by atoms with Crippen molar-refractivity contribution >= 4 is 17.7 Å². The highest BCUT2D eigenvalue weighted by molar-refractivity contribution is 6.21. The van der Waals surface area contributed by atoms with Crippen LogP contribution in [0.2, 0.25) is 0 Å². The van der Waals surface area contributed by atoms with Crippen molar-refractivity contribution in [1.29, 1.82) is 0 Å². The molecule has 124 valence electrons. The van der Waals surface area contributed by atoms with E-state index in [0.29, 0.717) is 0 Å². The molecule has 3 amide bonds. The van der Waals surface area contributed by atoms with E-state index in [1.807, 2.05) is 13.1 Å². The van der Waals surface area contributed by atoms with Gasteiger partial charge in [-0.1, -0.05) is 0 Å². The predicted molar refractivity (Wildman–Crippen MR) is 84.0 cm³/mol. The predicted octanol–water partition coefficient (Wildman–Crippen LogP) is 0.631. The number of rotatable bonds is 4. The molecule has 3 heterocycles. The summed E-state index contributed by atoms with van der Waals surface area (Å²) in [4.78, 5) is 43.4. The number of carbonyl (C=O) groups is 3. The molecule has 2 aromatic rings. The molecule has 0 N–H and O–H groups in total. The van der Waals surface area contributed by atoms with Crippen molar-refractivity contribution in [2.45, 2.75) is 13.0 Å². The first kappa shape index (κ1) is 15.9. The normalized spacial score (nSPS) is 14.7. The van der Waals surface area contributed by atoms with E-state index < -0.39 is 11.8 Å². The average Bonchev–Trinajstić information content (AvgIpc) is 3.11. The van der Waals surface area contributed by atoms with Gasteiger partial charge in [-0.2, -0.15) is 5.10 Å². The Kier molecular flexibility index (Phi) is 3.88. The van der Waals surface area contributed by atoms with Crippen LogP contribution in [0.25, 0.3) is 0 Å². The summed E-state index contributed by atoms with van der Waals surface area (Å²) in [6, 6.07) is 2.90. The highest BCUT2D eigenvalue weighted by Gasteiger charge is 2.38. The second kappa shape index (κ2) is 5.88. The number of carbonyl (C=O) groups excluding carboxylic acids is 3. The van der Waals surface area contributed by atoms with Crippen LogP contribution in [0.3, 0.4) is 0 Å². The lowest BCUT2D eigenvalue weighted by Gasteiger charge is -2.26. The number of hydrogen-bond acceptors (Lipinski definition) is 5. The minimum Gasteiger partial charge on any atom is -0.337 e. The molecule has 8 heteroatoms. The molecule has 0 saturated heterocycles. The molecule has 1 unspecified atom stereocenters. The molecular weight excluding hydrogens is 310 g/mol. The third kappa shape index (κ3) is 2.55. The number of fused-ring (bicyclic) bond motifs is 1. The van der Waals surface area contributed by atoms with E-state index >= 15 is 0 Å². The van der Waals surface area contributed by atoms with Crippen molar-refractivity contribution < 1.29 is 14.4 Å². The zero-order valence-electron chi connectivity index (χ0n) is 13.6. The van der Waals surface area contributed by atoms with Crippen molar-refractivity contribution in [3.05, 3.63) is 47.5 Å². The van der Waals surface area contributed by atoms with Gasteiger partial charge in [0.15, 0.2) is 0 Å². The van der Waals surface area contributed by atoms with Gasteiger partial charge >= 0.3 is 0 Å². The SMILES string of the molecule is CC(c1cnn(C)c1)N(C)C(=O)CN1C(=O)c2cccnc2C1=O. The van der Waals surface area contributed by atoms with E-state index in [0.717, 1.165) is 10.5 Å². The summed E-state index contributed by atoms with van der Waals surface area (Å²) in [5.74, 6) is -1.36. The fourth-order valence-electron chi connectivity index (χ4n) is 2.60. The lowest BCUT2D eigenvalue weighted by molar-refractivity contribution is -0.132. The molecule has 0 bridgehead atoms. The molecule has 1 aliphatic rings.